The van der Waals surface area contributed by atoms with Crippen LogP contribution < -0.4 is 10.6 Å². The van der Waals surface area contributed by atoms with Crippen LogP contribution in [0, 0.1) is 0 Å². The van der Waals surface area contributed by atoms with E-state index in [1.54, 1.807) is 0 Å². The van der Waals surface area contributed by atoms with Crippen LogP contribution in [0.2, 0.25) is 0 Å². The molecule has 0 spiro atoms. The molecule has 0 aliphatic carbocycles. The number of nitrogens with one attached hydrogen (secondary N) is 2. The van der Waals surface area contributed by atoms with Gasteiger partial charge in [0.25, 0.3) is 0 Å². The van der Waals surface area contributed by atoms with Crippen molar-refractivity contribution in [3.63, 3.8) is 0 Å². The third kappa shape index (κ3) is 3.21. The van der Waals surface area contributed by atoms with Crippen molar-refractivity contribution in [2.24, 2.45) is 0 Å². The summed E-state index contributed by atoms with van der Waals surface area (Å²) in [7, 11) is 1.17. The Hall–Kier alpha value is -1.63. The normalized spacial score (nSPS) is 21.3. The molecule has 1 aliphatic rings. The van der Waals surface area contributed by atoms with Gasteiger partial charge in [0.2, 0.25) is 17.7 Å². The average molecular weight is 215 g/mol. The van der Waals surface area contributed by atoms with E-state index in [9.17, 15) is 14.4 Å². The molecule has 0 saturated carbocycles. The minimum Gasteiger partial charge on any atom is -0.354 e. The summed E-state index contributed by atoms with van der Waals surface area (Å²) in [6.07, 6.45) is -0.0457. The van der Waals surface area contributed by atoms with Gasteiger partial charge in [-0.05, 0) is 0 Å². The second kappa shape index (κ2) is 4.74. The van der Waals surface area contributed by atoms with Gasteiger partial charge in [-0.2, -0.15) is 0 Å². The van der Waals surface area contributed by atoms with Gasteiger partial charge in [-0.1, -0.05) is 0 Å². The van der Waals surface area contributed by atoms with Crippen molar-refractivity contribution in [1.29, 1.82) is 0 Å². The predicted octanol–water partition coefficient (Wildman–Crippen LogP) is -1.77. The van der Waals surface area contributed by atoms with Gasteiger partial charge in [0.05, 0.1) is 6.42 Å². The maximum absolute atomic E-state index is 11.3. The Morgan fingerprint density at radius 1 is 1.60 bits per heavy atom. The number of nitrogens with zero attached hydrogens (tertiary/aromatic N) is 1. The number of carbonyl (C=O) groups excluding carboxylic acids is 3. The second-order valence-corrected chi connectivity index (χ2v) is 3.28. The molecule has 0 unspecified atom stereocenters. The molecule has 1 heterocycles. The fourth-order valence-corrected chi connectivity index (χ4v) is 1.20. The quantitative estimate of drug-likeness (QED) is 0.375. The van der Waals surface area contributed by atoms with Crippen molar-refractivity contribution in [2.75, 3.05) is 13.6 Å². The summed E-state index contributed by atoms with van der Waals surface area (Å²) >= 11 is 0. The van der Waals surface area contributed by atoms with Crippen molar-refractivity contribution in [3.8, 4) is 0 Å². The lowest BCUT2D eigenvalue weighted by molar-refractivity contribution is -0.160. The zero-order valence-electron chi connectivity index (χ0n) is 8.32. The molecule has 7 nitrogen and oxygen atoms in total. The first-order valence-electron chi connectivity index (χ1n) is 4.53. The third-order valence-corrected chi connectivity index (χ3v) is 2.04. The van der Waals surface area contributed by atoms with Gasteiger partial charge in [-0.3, -0.25) is 19.6 Å². The number of carbonyl (C=O) groups is 3. The van der Waals surface area contributed by atoms with Crippen LogP contribution in [0.3, 0.4) is 0 Å². The fourth-order valence-electron chi connectivity index (χ4n) is 1.20. The molecule has 1 aliphatic heterocycles. The molecule has 0 radical (unpaired) electrons. The van der Waals surface area contributed by atoms with Gasteiger partial charge in [-0.15, -0.1) is 0 Å². The fraction of sp³-hybridized carbons (Fsp3) is 0.625. The smallest absolute Gasteiger partial charge is 0.248 e. The molecule has 1 atom stereocenters. The summed E-state index contributed by atoms with van der Waals surface area (Å²) in [6, 6.07) is -0.901. The molecule has 3 amide bonds. The Morgan fingerprint density at radius 2 is 2.27 bits per heavy atom. The van der Waals surface area contributed by atoms with Gasteiger partial charge in [0.15, 0.2) is 0 Å². The highest BCUT2D eigenvalue weighted by Gasteiger charge is 2.26. The summed E-state index contributed by atoms with van der Waals surface area (Å²) in [5, 5.41) is 14.1. The Labute approximate surface area is 86.4 Å². The highest BCUT2D eigenvalue weighted by Crippen LogP contribution is 2.00. The van der Waals surface area contributed by atoms with E-state index in [1.165, 1.54) is 7.05 Å². The molecule has 0 bridgehead atoms. The van der Waals surface area contributed by atoms with E-state index in [0.717, 1.165) is 0 Å². The number of hydrogen-bond donors (Lipinski definition) is 3. The number of rotatable bonds is 2. The lowest BCUT2D eigenvalue weighted by Gasteiger charge is -2.15. The molecule has 1 rings (SSSR count). The van der Waals surface area contributed by atoms with Crippen LogP contribution in [0.15, 0.2) is 0 Å². The Bertz CT molecular complexity index is 290. The summed E-state index contributed by atoms with van der Waals surface area (Å²) in [5.74, 6) is -1.32. The van der Waals surface area contributed by atoms with Crippen LogP contribution in [-0.2, 0) is 14.4 Å². The molecule has 1 saturated heterocycles. The lowest BCUT2D eigenvalue weighted by Crippen LogP contribution is -2.45. The molecule has 0 aromatic heterocycles. The predicted molar refractivity (Wildman–Crippen MR) is 48.7 cm³/mol. The van der Waals surface area contributed by atoms with Crippen LogP contribution in [0.5, 0.6) is 0 Å². The first kappa shape index (κ1) is 11.4. The summed E-state index contributed by atoms with van der Waals surface area (Å²) in [5.41, 5.74) is 0. The second-order valence-electron chi connectivity index (χ2n) is 3.28. The minimum atomic E-state index is -0.901. The SMILES string of the molecule is CN(O)C(=O)C[C@@H]1NC(=O)CCNC1=O. The third-order valence-electron chi connectivity index (χ3n) is 2.04. The molecule has 1 fully saturated rings. The van der Waals surface area contributed by atoms with E-state index in [0.29, 0.717) is 5.06 Å². The summed E-state index contributed by atoms with van der Waals surface area (Å²) < 4.78 is 0. The average Bonchev–Trinajstić information content (AvgIpc) is 2.29. The van der Waals surface area contributed by atoms with Crippen LogP contribution in [0.4, 0.5) is 0 Å². The van der Waals surface area contributed by atoms with Crippen molar-refractivity contribution in [1.82, 2.24) is 15.7 Å². The molecule has 0 aromatic carbocycles. The van der Waals surface area contributed by atoms with Crippen molar-refractivity contribution in [2.45, 2.75) is 18.9 Å². The van der Waals surface area contributed by atoms with E-state index in [4.69, 9.17) is 5.21 Å². The molecular weight excluding hydrogens is 202 g/mol. The van der Waals surface area contributed by atoms with Crippen molar-refractivity contribution < 1.29 is 19.6 Å². The van der Waals surface area contributed by atoms with Crippen LogP contribution in [-0.4, -0.2) is 47.6 Å². The number of hydroxylamine groups is 2. The van der Waals surface area contributed by atoms with Gasteiger partial charge in [0.1, 0.15) is 6.04 Å². The number of amides is 3. The standard InChI is InChI=1S/C8H13N3O4/c1-11(15)7(13)4-5-8(14)9-3-2-6(12)10-5/h5,15H,2-4H2,1H3,(H,9,14)(H,10,12)/t5-/m0/s1. The van der Waals surface area contributed by atoms with Crippen LogP contribution in [0.1, 0.15) is 12.8 Å². The molecule has 84 valence electrons. The van der Waals surface area contributed by atoms with E-state index < -0.39 is 17.9 Å². The first-order chi connectivity index (χ1) is 7.00. The Kier molecular flexibility index (Phi) is 3.62. The van der Waals surface area contributed by atoms with Crippen molar-refractivity contribution in [3.05, 3.63) is 0 Å². The van der Waals surface area contributed by atoms with E-state index in [-0.39, 0.29) is 25.3 Å². The molecule has 7 heteroatoms. The van der Waals surface area contributed by atoms with E-state index in [1.807, 2.05) is 0 Å². The van der Waals surface area contributed by atoms with Gasteiger partial charge >= 0.3 is 0 Å². The van der Waals surface area contributed by atoms with Crippen molar-refractivity contribution >= 4 is 17.7 Å². The van der Waals surface area contributed by atoms with Crippen LogP contribution in [0.25, 0.3) is 0 Å². The highest BCUT2D eigenvalue weighted by molar-refractivity contribution is 5.93. The maximum atomic E-state index is 11.3. The molecular formula is C8H13N3O4. The van der Waals surface area contributed by atoms with E-state index >= 15 is 0 Å². The zero-order valence-corrected chi connectivity index (χ0v) is 8.32. The Balaban J connectivity index is 2.61. The van der Waals surface area contributed by atoms with Crippen LogP contribution >= 0.6 is 0 Å². The molecule has 15 heavy (non-hydrogen) atoms. The number of hydrogen-bond acceptors (Lipinski definition) is 4. The maximum Gasteiger partial charge on any atom is 0.248 e. The highest BCUT2D eigenvalue weighted by atomic mass is 16.5. The first-order valence-corrected chi connectivity index (χ1v) is 4.53. The van der Waals surface area contributed by atoms with Gasteiger partial charge in [0, 0.05) is 20.0 Å². The molecule has 3 N–H and O–H groups in total. The van der Waals surface area contributed by atoms with E-state index in [2.05, 4.69) is 10.6 Å². The Morgan fingerprint density at radius 3 is 2.87 bits per heavy atom. The summed E-state index contributed by atoms with van der Waals surface area (Å²) in [6.45, 7) is 0.268. The topological polar surface area (TPSA) is 98.7 Å². The van der Waals surface area contributed by atoms with Gasteiger partial charge in [-0.25, -0.2) is 5.06 Å². The zero-order chi connectivity index (χ0) is 11.4. The van der Waals surface area contributed by atoms with Gasteiger partial charge < -0.3 is 10.6 Å². The minimum absolute atomic E-state index is 0.200. The summed E-state index contributed by atoms with van der Waals surface area (Å²) in [4.78, 5) is 33.6. The monoisotopic (exact) mass is 215 g/mol. The largest absolute Gasteiger partial charge is 0.354 e. The molecule has 0 aromatic rings. The lowest BCUT2D eigenvalue weighted by atomic mass is 10.2.